The Bertz CT molecular complexity index is 705. The molecule has 0 aliphatic heterocycles. The van der Waals surface area contributed by atoms with E-state index in [1.54, 1.807) is 30.5 Å². The summed E-state index contributed by atoms with van der Waals surface area (Å²) in [7, 11) is 0. The maximum Gasteiger partial charge on any atom is 0.260 e. The second-order valence-electron chi connectivity index (χ2n) is 4.11. The highest BCUT2D eigenvalue weighted by atomic mass is 16.5. The van der Waals surface area contributed by atoms with E-state index in [1.165, 1.54) is 0 Å². The van der Waals surface area contributed by atoms with Crippen molar-refractivity contribution in [2.75, 3.05) is 0 Å². The molecule has 2 aromatic heterocycles. The van der Waals surface area contributed by atoms with Crippen LogP contribution in [-0.4, -0.2) is 20.2 Å². The Morgan fingerprint density at radius 2 is 1.89 bits per heavy atom. The van der Waals surface area contributed by atoms with Crippen molar-refractivity contribution in [1.29, 1.82) is 0 Å². The first-order chi connectivity index (χ1) is 9.24. The van der Waals surface area contributed by atoms with Crippen LogP contribution in [0, 0.1) is 6.92 Å². The van der Waals surface area contributed by atoms with Gasteiger partial charge >= 0.3 is 0 Å². The number of aromatic hydroxyl groups is 1. The molecule has 0 aliphatic carbocycles. The van der Waals surface area contributed by atoms with Crippen molar-refractivity contribution in [3.63, 3.8) is 0 Å². The molecular weight excluding hydrogens is 242 g/mol. The van der Waals surface area contributed by atoms with Gasteiger partial charge in [-0.05, 0) is 43.3 Å². The quantitative estimate of drug-likeness (QED) is 0.760. The fraction of sp³-hybridized carbons (Fsp3) is 0.0714. The van der Waals surface area contributed by atoms with Crippen LogP contribution >= 0.6 is 0 Å². The Morgan fingerprint density at radius 3 is 2.63 bits per heavy atom. The molecule has 3 aromatic rings. The van der Waals surface area contributed by atoms with Crippen LogP contribution in [0.4, 0.5) is 0 Å². The number of aromatic nitrogens is 3. The first-order valence-corrected chi connectivity index (χ1v) is 5.79. The Hall–Kier alpha value is -2.69. The zero-order valence-electron chi connectivity index (χ0n) is 10.2. The Kier molecular flexibility index (Phi) is 2.72. The van der Waals surface area contributed by atoms with E-state index in [0.29, 0.717) is 11.7 Å². The van der Waals surface area contributed by atoms with Crippen LogP contribution in [0.25, 0.3) is 22.8 Å². The number of pyridine rings is 1. The first kappa shape index (κ1) is 11.4. The van der Waals surface area contributed by atoms with Crippen LogP contribution in [0.5, 0.6) is 5.75 Å². The van der Waals surface area contributed by atoms with Crippen molar-refractivity contribution in [1.82, 2.24) is 15.1 Å². The summed E-state index contributed by atoms with van der Waals surface area (Å²) in [6.07, 6.45) is 1.72. The number of hydrogen-bond donors (Lipinski definition) is 1. The minimum absolute atomic E-state index is 0.204. The van der Waals surface area contributed by atoms with Gasteiger partial charge in [0.1, 0.15) is 5.75 Å². The van der Waals surface area contributed by atoms with Crippen molar-refractivity contribution in [2.24, 2.45) is 0 Å². The highest BCUT2D eigenvalue weighted by Gasteiger charge is 2.12. The van der Waals surface area contributed by atoms with Gasteiger partial charge in [0, 0.05) is 17.5 Å². The zero-order chi connectivity index (χ0) is 13.2. The number of aryl methyl sites for hydroxylation is 1. The third kappa shape index (κ3) is 2.18. The van der Waals surface area contributed by atoms with Gasteiger partial charge in [-0.1, -0.05) is 5.16 Å². The molecule has 0 atom stereocenters. The van der Waals surface area contributed by atoms with E-state index in [-0.39, 0.29) is 5.75 Å². The summed E-state index contributed by atoms with van der Waals surface area (Å²) in [6.45, 7) is 1.89. The van der Waals surface area contributed by atoms with Crippen molar-refractivity contribution in [3.05, 3.63) is 48.3 Å². The lowest BCUT2D eigenvalue weighted by Crippen LogP contribution is -1.86. The number of phenols is 1. The Balaban J connectivity index is 2.00. The average Bonchev–Trinajstić information content (AvgIpc) is 2.89. The maximum atomic E-state index is 9.25. The molecule has 0 fully saturated rings. The molecular formula is C14H11N3O2. The average molecular weight is 253 g/mol. The van der Waals surface area contributed by atoms with Gasteiger partial charge in [-0.2, -0.15) is 4.98 Å². The van der Waals surface area contributed by atoms with Gasteiger partial charge in [-0.3, -0.25) is 4.98 Å². The van der Waals surface area contributed by atoms with E-state index < -0.39 is 0 Å². The van der Waals surface area contributed by atoms with Crippen molar-refractivity contribution < 1.29 is 9.63 Å². The van der Waals surface area contributed by atoms with Crippen LogP contribution in [0.1, 0.15) is 5.69 Å². The summed E-state index contributed by atoms with van der Waals surface area (Å²) in [5.74, 6) is 1.13. The Morgan fingerprint density at radius 1 is 1.11 bits per heavy atom. The molecule has 2 heterocycles. The summed E-state index contributed by atoms with van der Waals surface area (Å²) in [4.78, 5) is 8.53. The van der Waals surface area contributed by atoms with E-state index in [4.69, 9.17) is 4.52 Å². The summed E-state index contributed by atoms with van der Waals surface area (Å²) in [5, 5.41) is 13.2. The molecule has 5 nitrogen and oxygen atoms in total. The van der Waals surface area contributed by atoms with Crippen LogP contribution in [0.3, 0.4) is 0 Å². The maximum absolute atomic E-state index is 9.25. The van der Waals surface area contributed by atoms with Crippen LogP contribution in [0.15, 0.2) is 47.1 Å². The van der Waals surface area contributed by atoms with Gasteiger partial charge in [0.15, 0.2) is 0 Å². The largest absolute Gasteiger partial charge is 0.508 e. The smallest absolute Gasteiger partial charge is 0.260 e. The lowest BCUT2D eigenvalue weighted by molar-refractivity contribution is 0.432. The van der Waals surface area contributed by atoms with Gasteiger partial charge in [0.25, 0.3) is 5.89 Å². The summed E-state index contributed by atoms with van der Waals surface area (Å²) < 4.78 is 5.25. The van der Waals surface area contributed by atoms with Crippen LogP contribution < -0.4 is 0 Å². The molecule has 1 aromatic carbocycles. The molecule has 0 amide bonds. The van der Waals surface area contributed by atoms with E-state index >= 15 is 0 Å². The van der Waals surface area contributed by atoms with Gasteiger partial charge in [-0.25, -0.2) is 0 Å². The van der Waals surface area contributed by atoms with Crippen molar-refractivity contribution in [3.8, 4) is 28.6 Å². The van der Waals surface area contributed by atoms with Gasteiger partial charge in [0.2, 0.25) is 5.82 Å². The minimum Gasteiger partial charge on any atom is -0.508 e. The molecule has 0 aliphatic rings. The number of hydrogen-bond acceptors (Lipinski definition) is 5. The fourth-order valence-electron chi connectivity index (χ4n) is 1.77. The predicted molar refractivity (Wildman–Crippen MR) is 69.4 cm³/mol. The minimum atomic E-state index is 0.204. The predicted octanol–water partition coefficient (Wildman–Crippen LogP) is 2.81. The standard InChI is InChI=1S/C14H11N3O2/c1-9-12(3-2-8-15-9)14-16-13(17-19-14)10-4-6-11(18)7-5-10/h2-8,18H,1H3. The molecule has 0 saturated heterocycles. The van der Waals surface area contributed by atoms with E-state index in [2.05, 4.69) is 15.1 Å². The van der Waals surface area contributed by atoms with Gasteiger partial charge < -0.3 is 9.63 Å². The second kappa shape index (κ2) is 4.53. The lowest BCUT2D eigenvalue weighted by Gasteiger charge is -1.97. The number of phenolic OH excluding ortho intramolecular Hbond substituents is 1. The molecule has 0 bridgehead atoms. The van der Waals surface area contributed by atoms with Crippen molar-refractivity contribution in [2.45, 2.75) is 6.92 Å². The molecule has 0 unspecified atom stereocenters. The summed E-state index contributed by atoms with van der Waals surface area (Å²) in [6, 6.07) is 10.4. The molecule has 1 N–H and O–H groups in total. The summed E-state index contributed by atoms with van der Waals surface area (Å²) >= 11 is 0. The first-order valence-electron chi connectivity index (χ1n) is 5.79. The van der Waals surface area contributed by atoms with Crippen LogP contribution in [-0.2, 0) is 0 Å². The molecule has 19 heavy (non-hydrogen) atoms. The number of rotatable bonds is 2. The number of nitrogens with zero attached hydrogens (tertiary/aromatic N) is 3. The highest BCUT2D eigenvalue weighted by molar-refractivity contribution is 5.61. The molecule has 0 saturated carbocycles. The monoisotopic (exact) mass is 253 g/mol. The van der Waals surface area contributed by atoms with E-state index in [1.807, 2.05) is 19.1 Å². The van der Waals surface area contributed by atoms with Gasteiger partial charge in [0.05, 0.1) is 5.56 Å². The molecule has 3 rings (SSSR count). The van der Waals surface area contributed by atoms with Gasteiger partial charge in [-0.15, -0.1) is 0 Å². The summed E-state index contributed by atoms with van der Waals surface area (Å²) in [5.41, 5.74) is 2.44. The third-order valence-electron chi connectivity index (χ3n) is 2.79. The second-order valence-corrected chi connectivity index (χ2v) is 4.11. The third-order valence-corrected chi connectivity index (χ3v) is 2.79. The van der Waals surface area contributed by atoms with E-state index in [9.17, 15) is 5.11 Å². The lowest BCUT2D eigenvalue weighted by atomic mass is 10.2. The van der Waals surface area contributed by atoms with E-state index in [0.717, 1.165) is 16.8 Å². The topological polar surface area (TPSA) is 72.0 Å². The van der Waals surface area contributed by atoms with Crippen LogP contribution in [0.2, 0.25) is 0 Å². The molecule has 0 spiro atoms. The normalized spacial score (nSPS) is 10.6. The zero-order valence-corrected chi connectivity index (χ0v) is 10.2. The SMILES string of the molecule is Cc1ncccc1-c1nc(-c2ccc(O)cc2)no1. The molecule has 0 radical (unpaired) electrons. The molecule has 94 valence electrons. The fourth-order valence-corrected chi connectivity index (χ4v) is 1.77. The Labute approximate surface area is 109 Å². The molecule has 5 heteroatoms. The van der Waals surface area contributed by atoms with Crippen molar-refractivity contribution >= 4 is 0 Å². The number of benzene rings is 1. The highest BCUT2D eigenvalue weighted by Crippen LogP contribution is 2.24.